The van der Waals surface area contributed by atoms with Crippen molar-refractivity contribution in [3.05, 3.63) is 78.1 Å². The van der Waals surface area contributed by atoms with E-state index >= 15 is 0 Å². The van der Waals surface area contributed by atoms with E-state index in [2.05, 4.69) is 6.58 Å². The predicted octanol–water partition coefficient (Wildman–Crippen LogP) is 3.99. The summed E-state index contributed by atoms with van der Waals surface area (Å²) < 4.78 is 19.2. The topological polar surface area (TPSA) is 29.5 Å². The normalized spacial score (nSPS) is 21.2. The molecule has 2 radical (unpaired) electrons. The van der Waals surface area contributed by atoms with E-state index in [0.29, 0.717) is 24.8 Å². The Hall–Kier alpha value is -2.56. The minimum absolute atomic E-state index is 0.127. The third-order valence-corrected chi connectivity index (χ3v) is 5.00. The van der Waals surface area contributed by atoms with Crippen molar-refractivity contribution in [3.8, 4) is 0 Å². The van der Waals surface area contributed by atoms with Gasteiger partial charge in [-0.05, 0) is 30.2 Å². The zero-order chi connectivity index (χ0) is 18.7. The third kappa shape index (κ3) is 3.52. The van der Waals surface area contributed by atoms with Gasteiger partial charge in [-0.2, -0.15) is 0 Å². The molecule has 1 amide bonds. The van der Waals surface area contributed by atoms with Crippen LogP contribution in [0.2, 0.25) is 0 Å². The number of hydrogen-bond acceptors (Lipinski definition) is 2. The number of carbonyl (C=O) groups excluding carboxylic acids is 1. The predicted molar refractivity (Wildman–Crippen MR) is 101 cm³/mol. The Morgan fingerprint density at radius 1 is 1.27 bits per heavy atom. The van der Waals surface area contributed by atoms with Gasteiger partial charge in [0.2, 0.25) is 0 Å². The molecular formula is C21H21BFNO2. The highest BCUT2D eigenvalue weighted by Crippen LogP contribution is 2.39. The maximum absolute atomic E-state index is 13.3. The number of benzene rings is 2. The SMILES string of the molecule is [B]c1ccc([C@H](C)N2CC[C@](CC=C)(c3ccc(F)cc3)OC2=O)cc1. The lowest BCUT2D eigenvalue weighted by molar-refractivity contribution is -0.0588. The van der Waals surface area contributed by atoms with Gasteiger partial charge in [-0.1, -0.05) is 47.9 Å². The maximum Gasteiger partial charge on any atom is 0.411 e. The van der Waals surface area contributed by atoms with Crippen LogP contribution < -0.4 is 5.46 Å². The Morgan fingerprint density at radius 3 is 2.50 bits per heavy atom. The van der Waals surface area contributed by atoms with Crippen LogP contribution in [0.4, 0.5) is 9.18 Å². The summed E-state index contributed by atoms with van der Waals surface area (Å²) in [6.45, 7) is 6.29. The van der Waals surface area contributed by atoms with E-state index in [-0.39, 0.29) is 18.0 Å². The molecule has 0 aliphatic carbocycles. The molecule has 2 aromatic carbocycles. The van der Waals surface area contributed by atoms with Crippen LogP contribution in [0.5, 0.6) is 0 Å². The van der Waals surface area contributed by atoms with E-state index < -0.39 is 5.60 Å². The molecule has 0 spiro atoms. The summed E-state index contributed by atoms with van der Waals surface area (Å²) in [7, 11) is 5.74. The average molecular weight is 349 g/mol. The quantitative estimate of drug-likeness (QED) is 0.603. The molecule has 0 saturated carbocycles. The van der Waals surface area contributed by atoms with Gasteiger partial charge in [-0.3, -0.25) is 0 Å². The molecule has 0 aromatic heterocycles. The first kappa shape index (κ1) is 18.2. The van der Waals surface area contributed by atoms with Gasteiger partial charge in [0, 0.05) is 19.4 Å². The molecule has 5 heteroatoms. The fourth-order valence-electron chi connectivity index (χ4n) is 3.43. The minimum atomic E-state index is -0.802. The van der Waals surface area contributed by atoms with Crippen molar-refractivity contribution >= 4 is 19.4 Å². The molecule has 1 aliphatic rings. The van der Waals surface area contributed by atoms with Crippen LogP contribution in [0, 0.1) is 5.82 Å². The summed E-state index contributed by atoms with van der Waals surface area (Å²) in [5.41, 5.74) is 1.66. The first-order valence-corrected chi connectivity index (χ1v) is 8.67. The van der Waals surface area contributed by atoms with Gasteiger partial charge in [0.15, 0.2) is 0 Å². The largest absolute Gasteiger partial charge is 0.437 e. The van der Waals surface area contributed by atoms with Crippen molar-refractivity contribution in [2.75, 3.05) is 6.54 Å². The van der Waals surface area contributed by atoms with Crippen LogP contribution in [0.3, 0.4) is 0 Å². The van der Waals surface area contributed by atoms with E-state index in [1.165, 1.54) is 12.1 Å². The Kier molecular flexibility index (Phi) is 5.17. The van der Waals surface area contributed by atoms with Crippen LogP contribution in [-0.4, -0.2) is 25.4 Å². The molecular weight excluding hydrogens is 328 g/mol. The molecule has 1 fully saturated rings. The second kappa shape index (κ2) is 7.36. The number of nitrogens with zero attached hydrogens (tertiary/aromatic N) is 1. The summed E-state index contributed by atoms with van der Waals surface area (Å²) in [5, 5.41) is 0. The highest BCUT2D eigenvalue weighted by atomic mass is 19.1. The molecule has 0 bridgehead atoms. The Morgan fingerprint density at radius 2 is 1.92 bits per heavy atom. The van der Waals surface area contributed by atoms with Gasteiger partial charge >= 0.3 is 6.09 Å². The van der Waals surface area contributed by atoms with Gasteiger partial charge < -0.3 is 9.64 Å². The highest BCUT2D eigenvalue weighted by molar-refractivity contribution is 6.32. The minimum Gasteiger partial charge on any atom is -0.437 e. The van der Waals surface area contributed by atoms with Gasteiger partial charge in [0.1, 0.15) is 19.3 Å². The second-order valence-electron chi connectivity index (χ2n) is 6.65. The molecule has 0 N–H and O–H groups in total. The maximum atomic E-state index is 13.3. The highest BCUT2D eigenvalue weighted by Gasteiger charge is 2.42. The molecule has 0 unspecified atom stereocenters. The number of amides is 1. The molecule has 3 nitrogen and oxygen atoms in total. The van der Waals surface area contributed by atoms with E-state index in [0.717, 1.165) is 11.1 Å². The van der Waals surface area contributed by atoms with Crippen molar-refractivity contribution in [1.29, 1.82) is 0 Å². The molecule has 132 valence electrons. The van der Waals surface area contributed by atoms with Crippen molar-refractivity contribution in [3.63, 3.8) is 0 Å². The lowest BCUT2D eigenvalue weighted by atomic mass is 9.85. The Balaban J connectivity index is 1.83. The van der Waals surface area contributed by atoms with Crippen molar-refractivity contribution in [1.82, 2.24) is 4.90 Å². The summed E-state index contributed by atoms with van der Waals surface area (Å²) in [5.74, 6) is -0.316. The molecule has 2 atom stereocenters. The number of carbonyl (C=O) groups is 1. The molecule has 3 rings (SSSR count). The number of hydrogen-bond donors (Lipinski definition) is 0. The number of rotatable bonds is 5. The monoisotopic (exact) mass is 349 g/mol. The molecule has 1 saturated heterocycles. The fraction of sp³-hybridized carbons (Fsp3) is 0.286. The van der Waals surface area contributed by atoms with E-state index in [4.69, 9.17) is 12.6 Å². The third-order valence-electron chi connectivity index (χ3n) is 5.00. The van der Waals surface area contributed by atoms with E-state index in [1.807, 2.05) is 31.2 Å². The van der Waals surface area contributed by atoms with Crippen LogP contribution in [0.1, 0.15) is 36.9 Å². The fourth-order valence-corrected chi connectivity index (χ4v) is 3.43. The summed E-state index contributed by atoms with van der Waals surface area (Å²) in [4.78, 5) is 14.5. The van der Waals surface area contributed by atoms with Gasteiger partial charge in [-0.25, -0.2) is 9.18 Å². The van der Waals surface area contributed by atoms with Crippen molar-refractivity contribution in [2.24, 2.45) is 0 Å². The Bertz CT molecular complexity index is 791. The number of ether oxygens (including phenoxy) is 1. The number of cyclic esters (lactones) is 1. The molecule has 1 heterocycles. The molecule has 26 heavy (non-hydrogen) atoms. The zero-order valence-electron chi connectivity index (χ0n) is 14.8. The van der Waals surface area contributed by atoms with Gasteiger partial charge in [0.25, 0.3) is 0 Å². The number of halogens is 1. The van der Waals surface area contributed by atoms with Crippen molar-refractivity contribution in [2.45, 2.75) is 31.4 Å². The zero-order valence-corrected chi connectivity index (χ0v) is 14.8. The lowest BCUT2D eigenvalue weighted by Gasteiger charge is -2.43. The van der Waals surface area contributed by atoms with Crippen LogP contribution >= 0.6 is 0 Å². The molecule has 2 aromatic rings. The van der Waals surface area contributed by atoms with Crippen molar-refractivity contribution < 1.29 is 13.9 Å². The first-order chi connectivity index (χ1) is 12.4. The lowest BCUT2D eigenvalue weighted by Crippen LogP contribution is -2.48. The van der Waals surface area contributed by atoms with Gasteiger partial charge in [-0.15, -0.1) is 6.58 Å². The smallest absolute Gasteiger partial charge is 0.411 e. The van der Waals surface area contributed by atoms with Gasteiger partial charge in [0.05, 0.1) is 6.04 Å². The van der Waals surface area contributed by atoms with Crippen LogP contribution in [0.15, 0.2) is 61.2 Å². The first-order valence-electron chi connectivity index (χ1n) is 8.67. The second-order valence-corrected chi connectivity index (χ2v) is 6.65. The summed E-state index contributed by atoms with van der Waals surface area (Å²) >= 11 is 0. The van der Waals surface area contributed by atoms with Crippen LogP contribution in [-0.2, 0) is 10.3 Å². The average Bonchev–Trinajstić information content (AvgIpc) is 2.63. The van der Waals surface area contributed by atoms with Crippen LogP contribution in [0.25, 0.3) is 0 Å². The van der Waals surface area contributed by atoms with E-state index in [1.54, 1.807) is 23.1 Å². The summed E-state index contributed by atoms with van der Waals surface area (Å²) in [6, 6.07) is 13.5. The van der Waals surface area contributed by atoms with E-state index in [9.17, 15) is 9.18 Å². The molecule has 1 aliphatic heterocycles. The summed E-state index contributed by atoms with van der Waals surface area (Å²) in [6.07, 6.45) is 2.44. The Labute approximate surface area is 154 Å². The standard InChI is InChI=1S/C21H21BFNO2/c1-3-12-21(17-6-10-19(23)11-7-17)13-14-24(20(25)26-21)15(2)16-4-8-18(22)9-5-16/h3-11,15H,1,12-14H2,2H3/t15-,21+/m0/s1.